The summed E-state index contributed by atoms with van der Waals surface area (Å²) in [6, 6.07) is 14.8. The van der Waals surface area contributed by atoms with Gasteiger partial charge in [0.1, 0.15) is 17.1 Å². The van der Waals surface area contributed by atoms with Crippen molar-refractivity contribution in [2.24, 2.45) is 0 Å². The summed E-state index contributed by atoms with van der Waals surface area (Å²) in [5, 5.41) is 0. The zero-order valence-electron chi connectivity index (χ0n) is 11.1. The third kappa shape index (κ3) is 3.13. The van der Waals surface area contributed by atoms with Crippen LogP contribution in [-0.4, -0.2) is 12.6 Å². The number of hydrogen-bond acceptors (Lipinski definition) is 3. The Hall–Kier alpha value is -2.29. The Morgan fingerprint density at radius 2 is 1.63 bits per heavy atom. The van der Waals surface area contributed by atoms with Crippen molar-refractivity contribution in [2.75, 3.05) is 6.61 Å². The van der Waals surface area contributed by atoms with Gasteiger partial charge in [0.2, 0.25) is 0 Å². The molecule has 0 aliphatic rings. The predicted octanol–water partition coefficient (Wildman–Crippen LogP) is 3.96. The van der Waals surface area contributed by atoms with Gasteiger partial charge in [-0.15, -0.1) is 0 Å². The molecule has 0 N–H and O–H groups in total. The molecule has 0 radical (unpaired) electrons. The molecule has 0 fully saturated rings. The van der Waals surface area contributed by atoms with E-state index in [1.807, 2.05) is 37.3 Å². The molecule has 2 rings (SSSR count). The summed E-state index contributed by atoms with van der Waals surface area (Å²) in [5.74, 6) is 0.876. The highest BCUT2D eigenvalue weighted by atomic mass is 16.5. The van der Waals surface area contributed by atoms with Crippen molar-refractivity contribution in [1.82, 2.24) is 0 Å². The maximum absolute atomic E-state index is 11.8. The molecule has 0 bridgehead atoms. The maximum Gasteiger partial charge on any atom is 0.341 e. The Labute approximate surface area is 112 Å². The van der Waals surface area contributed by atoms with Gasteiger partial charge in [0.15, 0.2) is 0 Å². The van der Waals surface area contributed by atoms with Crippen LogP contribution in [0.1, 0.15) is 22.8 Å². The van der Waals surface area contributed by atoms with Crippen molar-refractivity contribution in [2.45, 2.75) is 13.8 Å². The number of aryl methyl sites for hydroxylation is 1. The zero-order chi connectivity index (χ0) is 13.7. The maximum atomic E-state index is 11.8. The third-order valence-corrected chi connectivity index (χ3v) is 2.70. The lowest BCUT2D eigenvalue weighted by molar-refractivity contribution is 0.0523. The van der Waals surface area contributed by atoms with E-state index >= 15 is 0 Å². The molecule has 98 valence electrons. The second-order valence-electron chi connectivity index (χ2n) is 4.08. The van der Waals surface area contributed by atoms with Gasteiger partial charge in [-0.3, -0.25) is 0 Å². The molecular weight excluding hydrogens is 240 g/mol. The lowest BCUT2D eigenvalue weighted by Gasteiger charge is -2.11. The summed E-state index contributed by atoms with van der Waals surface area (Å²) in [6.07, 6.45) is 0. The minimum Gasteiger partial charge on any atom is -0.462 e. The second-order valence-corrected chi connectivity index (χ2v) is 4.08. The average molecular weight is 256 g/mol. The van der Waals surface area contributed by atoms with Crippen molar-refractivity contribution in [3.63, 3.8) is 0 Å². The first-order valence-corrected chi connectivity index (χ1v) is 6.22. The number of hydrogen-bond donors (Lipinski definition) is 0. The molecule has 0 heterocycles. The summed E-state index contributed by atoms with van der Waals surface area (Å²) in [6.45, 7) is 4.09. The molecule has 3 heteroatoms. The van der Waals surface area contributed by atoms with Crippen LogP contribution >= 0.6 is 0 Å². The van der Waals surface area contributed by atoms with E-state index < -0.39 is 0 Å². The van der Waals surface area contributed by atoms with Gasteiger partial charge in [-0.1, -0.05) is 30.3 Å². The van der Waals surface area contributed by atoms with Crippen molar-refractivity contribution < 1.29 is 14.3 Å². The predicted molar refractivity (Wildman–Crippen MR) is 73.7 cm³/mol. The van der Waals surface area contributed by atoms with Crippen molar-refractivity contribution in [3.8, 4) is 11.5 Å². The number of ether oxygens (including phenoxy) is 2. The van der Waals surface area contributed by atoms with Crippen LogP contribution in [0.3, 0.4) is 0 Å². The monoisotopic (exact) mass is 256 g/mol. The van der Waals surface area contributed by atoms with Gasteiger partial charge in [-0.25, -0.2) is 4.79 Å². The highest BCUT2D eigenvalue weighted by molar-refractivity contribution is 5.92. The third-order valence-electron chi connectivity index (χ3n) is 2.70. The molecule has 19 heavy (non-hydrogen) atoms. The largest absolute Gasteiger partial charge is 0.462 e. The lowest BCUT2D eigenvalue weighted by Crippen LogP contribution is -2.06. The molecule has 0 aliphatic heterocycles. The Bertz CT molecular complexity index is 576. The molecular formula is C16H16O3. The fourth-order valence-corrected chi connectivity index (χ4v) is 1.72. The minimum absolute atomic E-state index is 0.345. The molecule has 0 spiro atoms. The smallest absolute Gasteiger partial charge is 0.341 e. The standard InChI is InChI=1S/C16H16O3/c1-3-18-16(17)13-9-5-7-11-15(13)19-14-10-6-4-8-12(14)2/h4-11H,3H2,1-2H3. The second kappa shape index (κ2) is 6.05. The van der Waals surface area contributed by atoms with Crippen LogP contribution in [-0.2, 0) is 4.74 Å². The van der Waals surface area contributed by atoms with Gasteiger partial charge in [0, 0.05) is 0 Å². The van der Waals surface area contributed by atoms with Crippen molar-refractivity contribution in [1.29, 1.82) is 0 Å². The van der Waals surface area contributed by atoms with E-state index in [4.69, 9.17) is 9.47 Å². The van der Waals surface area contributed by atoms with Crippen LogP contribution < -0.4 is 4.74 Å². The van der Waals surface area contributed by atoms with Crippen LogP contribution in [0.2, 0.25) is 0 Å². The van der Waals surface area contributed by atoms with Gasteiger partial charge in [-0.05, 0) is 37.6 Å². The van der Waals surface area contributed by atoms with Gasteiger partial charge in [0.05, 0.1) is 6.61 Å². The molecule has 0 saturated heterocycles. The molecule has 0 amide bonds. The quantitative estimate of drug-likeness (QED) is 0.776. The van der Waals surface area contributed by atoms with Crippen molar-refractivity contribution in [3.05, 3.63) is 59.7 Å². The van der Waals surface area contributed by atoms with Gasteiger partial charge in [0.25, 0.3) is 0 Å². The van der Waals surface area contributed by atoms with Crippen LogP contribution in [0.15, 0.2) is 48.5 Å². The first-order chi connectivity index (χ1) is 9.22. The van der Waals surface area contributed by atoms with Crippen molar-refractivity contribution >= 4 is 5.97 Å². The van der Waals surface area contributed by atoms with Crippen LogP contribution in [0, 0.1) is 6.92 Å². The molecule has 0 aromatic heterocycles. The zero-order valence-corrected chi connectivity index (χ0v) is 11.1. The Balaban J connectivity index is 2.30. The summed E-state index contributed by atoms with van der Waals surface area (Å²) < 4.78 is 10.8. The molecule has 3 nitrogen and oxygen atoms in total. The van der Waals surface area contributed by atoms with Crippen LogP contribution in [0.4, 0.5) is 0 Å². The SMILES string of the molecule is CCOC(=O)c1ccccc1Oc1ccccc1C. The van der Waals surface area contributed by atoms with Crippen LogP contribution in [0.25, 0.3) is 0 Å². The lowest BCUT2D eigenvalue weighted by atomic mass is 10.2. The average Bonchev–Trinajstić information content (AvgIpc) is 2.42. The first kappa shape index (κ1) is 13.1. The number of benzene rings is 2. The summed E-state index contributed by atoms with van der Waals surface area (Å²) in [7, 11) is 0. The molecule has 0 unspecified atom stereocenters. The van der Waals surface area contributed by atoms with Crippen LogP contribution in [0.5, 0.6) is 11.5 Å². The fraction of sp³-hybridized carbons (Fsp3) is 0.188. The highest BCUT2D eigenvalue weighted by Gasteiger charge is 2.13. The Morgan fingerprint density at radius 1 is 1.00 bits per heavy atom. The first-order valence-electron chi connectivity index (χ1n) is 6.22. The highest BCUT2D eigenvalue weighted by Crippen LogP contribution is 2.27. The Kier molecular flexibility index (Phi) is 4.18. The van der Waals surface area contributed by atoms with E-state index in [1.165, 1.54) is 0 Å². The number of para-hydroxylation sites is 2. The van der Waals surface area contributed by atoms with E-state index in [0.717, 1.165) is 11.3 Å². The number of esters is 1. The van der Waals surface area contributed by atoms with E-state index in [1.54, 1.807) is 25.1 Å². The summed E-state index contributed by atoms with van der Waals surface area (Å²) >= 11 is 0. The van der Waals surface area contributed by atoms with E-state index in [9.17, 15) is 4.79 Å². The van der Waals surface area contributed by atoms with Gasteiger partial charge >= 0.3 is 5.97 Å². The molecule has 2 aromatic rings. The molecule has 0 saturated carbocycles. The molecule has 0 atom stereocenters. The van der Waals surface area contributed by atoms with E-state index in [0.29, 0.717) is 17.9 Å². The number of rotatable bonds is 4. The van der Waals surface area contributed by atoms with Gasteiger partial charge < -0.3 is 9.47 Å². The van der Waals surface area contributed by atoms with E-state index in [-0.39, 0.29) is 5.97 Å². The number of carbonyl (C=O) groups is 1. The topological polar surface area (TPSA) is 35.5 Å². The molecule has 2 aromatic carbocycles. The molecule has 0 aliphatic carbocycles. The Morgan fingerprint density at radius 3 is 2.32 bits per heavy atom. The van der Waals surface area contributed by atoms with E-state index in [2.05, 4.69) is 0 Å². The number of carbonyl (C=O) groups excluding carboxylic acids is 1. The normalized spacial score (nSPS) is 10.0. The fourth-order valence-electron chi connectivity index (χ4n) is 1.72. The minimum atomic E-state index is -0.369. The van der Waals surface area contributed by atoms with Gasteiger partial charge in [-0.2, -0.15) is 0 Å². The summed E-state index contributed by atoms with van der Waals surface area (Å²) in [4.78, 5) is 11.8. The summed E-state index contributed by atoms with van der Waals surface area (Å²) in [5.41, 5.74) is 1.45.